The summed E-state index contributed by atoms with van der Waals surface area (Å²) in [5.41, 5.74) is 5.90. The van der Waals surface area contributed by atoms with Crippen LogP contribution in [0.2, 0.25) is 0 Å². The van der Waals surface area contributed by atoms with Crippen LogP contribution in [0.4, 0.5) is 0 Å². The average molecular weight is 489 g/mol. The van der Waals surface area contributed by atoms with E-state index < -0.39 is 0 Å². The summed E-state index contributed by atoms with van der Waals surface area (Å²) in [7, 11) is 0. The van der Waals surface area contributed by atoms with Crippen LogP contribution in [-0.4, -0.2) is 34.6 Å². The number of piperidine rings is 1. The molecule has 1 amide bonds. The number of pyridine rings is 1. The largest absolute Gasteiger partial charge is 0.353 e. The molecule has 1 fully saturated rings. The van der Waals surface area contributed by atoms with Gasteiger partial charge in [0.05, 0.1) is 11.7 Å². The van der Waals surface area contributed by atoms with Crippen LogP contribution in [0, 0.1) is 6.92 Å². The molecule has 1 saturated heterocycles. The fourth-order valence-corrected chi connectivity index (χ4v) is 5.09. The number of rotatable bonds is 7. The highest BCUT2D eigenvalue weighted by Gasteiger charge is 2.25. The second kappa shape index (κ2) is 11.5. The van der Waals surface area contributed by atoms with Gasteiger partial charge < -0.3 is 15.2 Å². The van der Waals surface area contributed by atoms with Crippen LogP contribution < -0.4 is 10.6 Å². The number of amides is 1. The van der Waals surface area contributed by atoms with E-state index >= 15 is 0 Å². The molecule has 0 radical (unpaired) electrons. The number of nitrogens with one attached hydrogen (secondary N) is 2. The quantitative estimate of drug-likeness (QED) is 0.375. The van der Waals surface area contributed by atoms with Crippen molar-refractivity contribution < 1.29 is 4.79 Å². The Morgan fingerprint density at radius 1 is 1.11 bits per heavy atom. The lowest BCUT2D eigenvalue weighted by molar-refractivity contribution is -0.122. The highest BCUT2D eigenvalue weighted by Crippen LogP contribution is 2.35. The van der Waals surface area contributed by atoms with Crippen LogP contribution in [0.5, 0.6) is 0 Å². The molecular formula is C29H33ClN4O. The molecule has 2 aromatic heterocycles. The van der Waals surface area contributed by atoms with Crippen LogP contribution in [0.15, 0.2) is 79.3 Å². The number of nitrogens with zero attached hydrogens (tertiary/aromatic N) is 2. The molecule has 1 atom stereocenters. The number of benzene rings is 2. The highest BCUT2D eigenvalue weighted by atomic mass is 35.5. The molecule has 0 saturated carbocycles. The number of aromatic nitrogens is 2. The Labute approximate surface area is 213 Å². The number of halogens is 1. The second-order valence-corrected chi connectivity index (χ2v) is 9.35. The molecule has 3 heterocycles. The van der Waals surface area contributed by atoms with E-state index in [0.717, 1.165) is 43.4 Å². The zero-order valence-electron chi connectivity index (χ0n) is 20.1. The van der Waals surface area contributed by atoms with Gasteiger partial charge in [-0.15, -0.1) is 12.4 Å². The van der Waals surface area contributed by atoms with Crippen LogP contribution in [0.3, 0.4) is 0 Å². The number of hydrogen-bond donors (Lipinski definition) is 2. The van der Waals surface area contributed by atoms with Crippen molar-refractivity contribution in [3.63, 3.8) is 0 Å². The molecular weight excluding hydrogens is 456 g/mol. The van der Waals surface area contributed by atoms with Crippen molar-refractivity contribution in [3.8, 4) is 0 Å². The van der Waals surface area contributed by atoms with Crippen LogP contribution in [0.25, 0.3) is 10.9 Å². The van der Waals surface area contributed by atoms with Gasteiger partial charge in [-0.05, 0) is 55.6 Å². The minimum absolute atomic E-state index is 0. The SMILES string of the molecule is Cc1cccc(C(CC(=O)NC2CCNCC2)c2cn(Cc3ccccc3)c3cnccc23)c1.Cl. The Bertz CT molecular complexity index is 1260. The van der Waals surface area contributed by atoms with Crippen molar-refractivity contribution in [1.29, 1.82) is 0 Å². The molecule has 6 heteroatoms. The van der Waals surface area contributed by atoms with E-state index in [-0.39, 0.29) is 30.3 Å². The molecule has 182 valence electrons. The second-order valence-electron chi connectivity index (χ2n) is 9.35. The molecule has 1 unspecified atom stereocenters. The Morgan fingerprint density at radius 2 is 1.91 bits per heavy atom. The maximum Gasteiger partial charge on any atom is 0.221 e. The van der Waals surface area contributed by atoms with Gasteiger partial charge >= 0.3 is 0 Å². The summed E-state index contributed by atoms with van der Waals surface area (Å²) in [4.78, 5) is 17.6. The molecule has 2 aromatic carbocycles. The van der Waals surface area contributed by atoms with Gasteiger partial charge in [0, 0.05) is 42.7 Å². The monoisotopic (exact) mass is 488 g/mol. The van der Waals surface area contributed by atoms with Crippen molar-refractivity contribution in [2.45, 2.75) is 44.7 Å². The van der Waals surface area contributed by atoms with E-state index in [2.05, 4.69) is 87.9 Å². The van der Waals surface area contributed by atoms with Crippen molar-refractivity contribution in [3.05, 3.63) is 102 Å². The molecule has 5 rings (SSSR count). The van der Waals surface area contributed by atoms with Crippen LogP contribution >= 0.6 is 12.4 Å². The molecule has 0 spiro atoms. The van der Waals surface area contributed by atoms with Crippen molar-refractivity contribution in [2.75, 3.05) is 13.1 Å². The summed E-state index contributed by atoms with van der Waals surface area (Å²) in [5, 5.41) is 7.83. The summed E-state index contributed by atoms with van der Waals surface area (Å²) >= 11 is 0. The van der Waals surface area contributed by atoms with Gasteiger partial charge in [-0.2, -0.15) is 0 Å². The highest BCUT2D eigenvalue weighted by molar-refractivity contribution is 5.86. The van der Waals surface area contributed by atoms with Gasteiger partial charge in [-0.3, -0.25) is 9.78 Å². The first-order valence-corrected chi connectivity index (χ1v) is 12.2. The van der Waals surface area contributed by atoms with E-state index in [9.17, 15) is 4.79 Å². The number of fused-ring (bicyclic) bond motifs is 1. The third-order valence-corrected chi connectivity index (χ3v) is 6.82. The molecule has 1 aliphatic heterocycles. The number of carbonyl (C=O) groups is 1. The summed E-state index contributed by atoms with van der Waals surface area (Å²) < 4.78 is 2.26. The molecule has 0 bridgehead atoms. The van der Waals surface area contributed by atoms with Crippen LogP contribution in [0.1, 0.15) is 47.4 Å². The Morgan fingerprint density at radius 3 is 2.69 bits per heavy atom. The van der Waals surface area contributed by atoms with Gasteiger partial charge in [0.15, 0.2) is 0 Å². The van der Waals surface area contributed by atoms with Gasteiger partial charge in [-0.1, -0.05) is 60.2 Å². The lowest BCUT2D eigenvalue weighted by Gasteiger charge is -2.25. The fourth-order valence-electron chi connectivity index (χ4n) is 5.09. The summed E-state index contributed by atoms with van der Waals surface area (Å²) in [6, 6.07) is 21.4. The van der Waals surface area contributed by atoms with E-state index in [0.29, 0.717) is 6.42 Å². The number of aryl methyl sites for hydroxylation is 1. The zero-order valence-corrected chi connectivity index (χ0v) is 20.9. The third-order valence-electron chi connectivity index (χ3n) is 6.82. The predicted molar refractivity (Wildman–Crippen MR) is 144 cm³/mol. The van der Waals surface area contributed by atoms with Gasteiger partial charge in [-0.25, -0.2) is 0 Å². The van der Waals surface area contributed by atoms with E-state index in [1.165, 1.54) is 22.3 Å². The maximum atomic E-state index is 13.2. The predicted octanol–water partition coefficient (Wildman–Crippen LogP) is 5.21. The minimum atomic E-state index is -0.0245. The topological polar surface area (TPSA) is 59.0 Å². The molecule has 1 aliphatic rings. The first-order valence-electron chi connectivity index (χ1n) is 12.2. The third kappa shape index (κ3) is 5.92. The van der Waals surface area contributed by atoms with Crippen molar-refractivity contribution in [1.82, 2.24) is 20.2 Å². The van der Waals surface area contributed by atoms with Crippen molar-refractivity contribution >= 4 is 29.2 Å². The summed E-state index contributed by atoms with van der Waals surface area (Å²) in [6.07, 6.45) is 8.42. The normalized spacial score (nSPS) is 14.9. The molecule has 35 heavy (non-hydrogen) atoms. The standard InChI is InChI=1S/C29H32N4O.ClH/c1-21-6-5-9-23(16-21)26(17-29(34)32-24-10-13-30-14-11-24)27-20-33(19-22-7-3-2-4-8-22)28-18-31-15-12-25(27)28;/h2-9,12,15-16,18,20,24,26,30H,10-11,13-14,17,19H2,1H3,(H,32,34);1H. The average Bonchev–Trinajstić information content (AvgIpc) is 3.22. The van der Waals surface area contributed by atoms with Crippen molar-refractivity contribution in [2.24, 2.45) is 0 Å². The van der Waals surface area contributed by atoms with E-state index in [4.69, 9.17) is 0 Å². The smallest absolute Gasteiger partial charge is 0.221 e. The fraction of sp³-hybridized carbons (Fsp3) is 0.310. The zero-order chi connectivity index (χ0) is 23.3. The first-order chi connectivity index (χ1) is 16.7. The Balaban J connectivity index is 0.00000289. The van der Waals surface area contributed by atoms with Gasteiger partial charge in [0.2, 0.25) is 5.91 Å². The van der Waals surface area contributed by atoms with E-state index in [1.54, 1.807) is 0 Å². The Kier molecular flexibility index (Phi) is 8.21. The Hall–Kier alpha value is -3.15. The first kappa shape index (κ1) is 25.0. The van der Waals surface area contributed by atoms with Gasteiger partial charge in [0.1, 0.15) is 0 Å². The maximum absolute atomic E-state index is 13.2. The minimum Gasteiger partial charge on any atom is -0.353 e. The lowest BCUT2D eigenvalue weighted by Crippen LogP contribution is -2.43. The molecule has 4 aromatic rings. The van der Waals surface area contributed by atoms with Gasteiger partial charge in [0.25, 0.3) is 0 Å². The molecule has 5 nitrogen and oxygen atoms in total. The van der Waals surface area contributed by atoms with E-state index in [1.807, 2.05) is 18.5 Å². The molecule has 2 N–H and O–H groups in total. The summed E-state index contributed by atoms with van der Waals surface area (Å²) in [5.74, 6) is 0.0972. The lowest BCUT2D eigenvalue weighted by atomic mass is 9.87. The number of carbonyl (C=O) groups excluding carboxylic acids is 1. The molecule has 0 aliphatic carbocycles. The number of hydrogen-bond acceptors (Lipinski definition) is 3. The summed E-state index contributed by atoms with van der Waals surface area (Å²) in [6.45, 7) is 4.81. The van der Waals surface area contributed by atoms with Crippen LogP contribution in [-0.2, 0) is 11.3 Å².